The molecule has 4 nitrogen and oxygen atoms in total. The van der Waals surface area contributed by atoms with Crippen molar-refractivity contribution >= 4 is 0 Å². The van der Waals surface area contributed by atoms with Gasteiger partial charge in [0.25, 0.3) is 0 Å². The fourth-order valence-electron chi connectivity index (χ4n) is 3.80. The molecule has 152 valence electrons. The summed E-state index contributed by atoms with van der Waals surface area (Å²) < 4.78 is 11.7. The van der Waals surface area contributed by atoms with E-state index in [1.54, 1.807) is 0 Å². The zero-order valence-corrected chi connectivity index (χ0v) is 17.4. The van der Waals surface area contributed by atoms with Gasteiger partial charge in [-0.2, -0.15) is 0 Å². The normalized spacial score (nSPS) is 17.8. The van der Waals surface area contributed by atoms with E-state index in [1.165, 1.54) is 16.7 Å². The number of hydrogen-bond acceptors (Lipinski definition) is 4. The Hall–Kier alpha value is -1.88. The van der Waals surface area contributed by atoms with Crippen LogP contribution < -0.4 is 4.74 Å². The Morgan fingerprint density at radius 1 is 1.14 bits per heavy atom. The minimum Gasteiger partial charge on any atom is -0.491 e. The maximum atomic E-state index is 10.6. The van der Waals surface area contributed by atoms with Crippen molar-refractivity contribution in [2.75, 3.05) is 26.3 Å². The lowest BCUT2D eigenvalue weighted by Crippen LogP contribution is -2.39. The molecule has 0 aromatic heterocycles. The molecule has 3 rings (SSSR count). The largest absolute Gasteiger partial charge is 0.491 e. The number of para-hydroxylation sites is 1. The fraction of sp³-hybridized carbons (Fsp3) is 0.500. The van der Waals surface area contributed by atoms with Crippen LogP contribution in [-0.2, 0) is 11.3 Å². The van der Waals surface area contributed by atoms with Crippen LogP contribution in [0.4, 0.5) is 0 Å². The number of nitrogens with zero attached hydrogens (tertiary/aromatic N) is 1. The van der Waals surface area contributed by atoms with Gasteiger partial charge in [-0.25, -0.2) is 0 Å². The van der Waals surface area contributed by atoms with Crippen LogP contribution in [0.3, 0.4) is 0 Å². The SMILES string of the molecule is Cc1ccc(CN(C[C@@H](O)COc2ccccc2C)C[C@@H]2CCCO2)c(C)c1. The summed E-state index contributed by atoms with van der Waals surface area (Å²) in [4.78, 5) is 2.31. The average molecular weight is 384 g/mol. The highest BCUT2D eigenvalue weighted by molar-refractivity contribution is 5.32. The van der Waals surface area contributed by atoms with Crippen LogP contribution in [-0.4, -0.2) is 48.5 Å². The Bertz CT molecular complexity index is 755. The van der Waals surface area contributed by atoms with E-state index in [0.29, 0.717) is 13.2 Å². The highest BCUT2D eigenvalue weighted by Gasteiger charge is 2.22. The average Bonchev–Trinajstić information content (AvgIpc) is 3.16. The number of hydrogen-bond donors (Lipinski definition) is 1. The molecule has 0 unspecified atom stereocenters. The number of aryl methyl sites for hydroxylation is 3. The Balaban J connectivity index is 1.61. The van der Waals surface area contributed by atoms with Gasteiger partial charge in [0.2, 0.25) is 0 Å². The van der Waals surface area contributed by atoms with Gasteiger partial charge in [0.15, 0.2) is 0 Å². The number of aliphatic hydroxyl groups excluding tert-OH is 1. The summed E-state index contributed by atoms with van der Waals surface area (Å²) >= 11 is 0. The second-order valence-corrected chi connectivity index (χ2v) is 7.99. The summed E-state index contributed by atoms with van der Waals surface area (Å²) in [5.41, 5.74) is 4.96. The Morgan fingerprint density at radius 2 is 1.96 bits per heavy atom. The molecular weight excluding hydrogens is 350 g/mol. The van der Waals surface area contributed by atoms with Crippen molar-refractivity contribution in [3.8, 4) is 5.75 Å². The molecule has 0 spiro atoms. The van der Waals surface area contributed by atoms with Crippen LogP contribution in [0.15, 0.2) is 42.5 Å². The predicted molar refractivity (Wildman–Crippen MR) is 113 cm³/mol. The van der Waals surface area contributed by atoms with Crippen molar-refractivity contribution in [1.29, 1.82) is 0 Å². The zero-order chi connectivity index (χ0) is 19.9. The van der Waals surface area contributed by atoms with E-state index in [4.69, 9.17) is 9.47 Å². The maximum absolute atomic E-state index is 10.6. The summed E-state index contributed by atoms with van der Waals surface area (Å²) in [5.74, 6) is 0.835. The van der Waals surface area contributed by atoms with Crippen molar-refractivity contribution < 1.29 is 14.6 Å². The maximum Gasteiger partial charge on any atom is 0.122 e. The molecule has 1 aliphatic heterocycles. The molecule has 1 heterocycles. The van der Waals surface area contributed by atoms with Crippen LogP contribution in [0.5, 0.6) is 5.75 Å². The minimum absolute atomic E-state index is 0.259. The van der Waals surface area contributed by atoms with Gasteiger partial charge < -0.3 is 14.6 Å². The van der Waals surface area contributed by atoms with Crippen molar-refractivity contribution in [1.82, 2.24) is 4.90 Å². The fourth-order valence-corrected chi connectivity index (χ4v) is 3.80. The van der Waals surface area contributed by atoms with Crippen molar-refractivity contribution in [3.63, 3.8) is 0 Å². The summed E-state index contributed by atoms with van der Waals surface area (Å²) in [6.07, 6.45) is 1.93. The first-order chi connectivity index (χ1) is 13.5. The molecule has 0 saturated carbocycles. The van der Waals surface area contributed by atoms with Crippen LogP contribution in [0, 0.1) is 20.8 Å². The first-order valence-corrected chi connectivity index (χ1v) is 10.3. The summed E-state index contributed by atoms with van der Waals surface area (Å²) in [5, 5.41) is 10.6. The highest BCUT2D eigenvalue weighted by atomic mass is 16.5. The molecule has 2 aromatic carbocycles. The number of ether oxygens (including phenoxy) is 2. The van der Waals surface area contributed by atoms with Gasteiger partial charge in [0, 0.05) is 26.2 Å². The lowest BCUT2D eigenvalue weighted by Gasteiger charge is -2.28. The van der Waals surface area contributed by atoms with Crippen LogP contribution >= 0.6 is 0 Å². The number of benzene rings is 2. The lowest BCUT2D eigenvalue weighted by atomic mass is 10.0. The third-order valence-corrected chi connectivity index (χ3v) is 5.37. The zero-order valence-electron chi connectivity index (χ0n) is 17.4. The van der Waals surface area contributed by atoms with Gasteiger partial charge in [-0.05, 0) is 56.4 Å². The smallest absolute Gasteiger partial charge is 0.122 e. The van der Waals surface area contributed by atoms with Crippen LogP contribution in [0.25, 0.3) is 0 Å². The molecule has 2 atom stereocenters. The summed E-state index contributed by atoms with van der Waals surface area (Å²) in [6, 6.07) is 14.5. The standard InChI is InChI=1S/C24H33NO3/c1-18-10-11-21(20(3)13-18)14-25(16-23-8-6-12-27-23)15-22(26)17-28-24-9-5-4-7-19(24)2/h4-5,7,9-11,13,22-23,26H,6,8,12,14-17H2,1-3H3/t22-,23+/m1/s1. The molecule has 4 heteroatoms. The van der Waals surface area contributed by atoms with E-state index in [9.17, 15) is 5.11 Å². The van der Waals surface area contributed by atoms with Crippen molar-refractivity contribution in [3.05, 3.63) is 64.7 Å². The molecule has 0 amide bonds. The quantitative estimate of drug-likeness (QED) is 0.710. The topological polar surface area (TPSA) is 41.9 Å². The molecule has 0 radical (unpaired) electrons. The van der Waals surface area contributed by atoms with Crippen molar-refractivity contribution in [2.45, 2.75) is 52.4 Å². The second-order valence-electron chi connectivity index (χ2n) is 7.99. The lowest BCUT2D eigenvalue weighted by molar-refractivity contribution is 0.0312. The van der Waals surface area contributed by atoms with Gasteiger partial charge in [-0.15, -0.1) is 0 Å². The van der Waals surface area contributed by atoms with Crippen LogP contribution in [0.2, 0.25) is 0 Å². The Labute approximate surface area is 169 Å². The molecule has 1 N–H and O–H groups in total. The molecule has 28 heavy (non-hydrogen) atoms. The van der Waals surface area contributed by atoms with Gasteiger partial charge >= 0.3 is 0 Å². The van der Waals surface area contributed by atoms with Gasteiger partial charge in [0.05, 0.1) is 6.10 Å². The Kier molecular flexibility index (Phi) is 7.49. The first-order valence-electron chi connectivity index (χ1n) is 10.3. The molecule has 1 saturated heterocycles. The van der Waals surface area contributed by atoms with Gasteiger partial charge in [0.1, 0.15) is 18.5 Å². The van der Waals surface area contributed by atoms with E-state index < -0.39 is 6.10 Å². The number of aliphatic hydroxyl groups is 1. The molecule has 0 aliphatic carbocycles. The van der Waals surface area contributed by atoms with E-state index in [-0.39, 0.29) is 6.10 Å². The summed E-state index contributed by atoms with van der Waals surface area (Å²) in [7, 11) is 0. The molecular formula is C24H33NO3. The molecule has 1 fully saturated rings. The van der Waals surface area contributed by atoms with Gasteiger partial charge in [-0.3, -0.25) is 4.90 Å². The molecule has 1 aliphatic rings. The van der Waals surface area contributed by atoms with Crippen molar-refractivity contribution in [2.24, 2.45) is 0 Å². The highest BCUT2D eigenvalue weighted by Crippen LogP contribution is 2.19. The Morgan fingerprint density at radius 3 is 2.68 bits per heavy atom. The van der Waals surface area contributed by atoms with E-state index in [2.05, 4.69) is 36.9 Å². The molecule has 0 bridgehead atoms. The minimum atomic E-state index is -0.549. The van der Waals surface area contributed by atoms with Crippen LogP contribution in [0.1, 0.15) is 35.1 Å². The first kappa shape index (κ1) is 20.8. The van der Waals surface area contributed by atoms with E-state index in [1.807, 2.05) is 31.2 Å². The van der Waals surface area contributed by atoms with E-state index in [0.717, 1.165) is 43.9 Å². The monoisotopic (exact) mass is 383 g/mol. The van der Waals surface area contributed by atoms with Gasteiger partial charge in [-0.1, -0.05) is 42.0 Å². The third kappa shape index (κ3) is 6.06. The summed E-state index contributed by atoms with van der Waals surface area (Å²) in [6.45, 7) is 9.66. The third-order valence-electron chi connectivity index (χ3n) is 5.37. The van der Waals surface area contributed by atoms with E-state index >= 15 is 0 Å². The predicted octanol–water partition coefficient (Wildman–Crippen LogP) is 4.03. The molecule has 2 aromatic rings. The second kappa shape index (κ2) is 10.1. The number of rotatable bonds is 9.